The minimum absolute atomic E-state index is 0.160. The SMILES string of the molecule is CN(C)S(=O)(=O)c1cccc(NC2CCCC2(C)C)c1N. The standard InChI is InChI=1S/C15H25N3O2S/c1-15(2)10-6-9-13(15)17-11-7-5-8-12(14(11)16)21(19,20)18(3)4/h5,7-8,13,17H,6,9-10,16H2,1-4H3. The van der Waals surface area contributed by atoms with Gasteiger partial charge in [-0.2, -0.15) is 0 Å². The molecular formula is C15H25N3O2S. The number of para-hydroxylation sites is 1. The van der Waals surface area contributed by atoms with Crippen LogP contribution in [0.15, 0.2) is 23.1 Å². The van der Waals surface area contributed by atoms with Gasteiger partial charge < -0.3 is 11.1 Å². The molecule has 1 aromatic rings. The van der Waals surface area contributed by atoms with Gasteiger partial charge in [0.25, 0.3) is 0 Å². The summed E-state index contributed by atoms with van der Waals surface area (Å²) < 4.78 is 25.8. The highest BCUT2D eigenvalue weighted by molar-refractivity contribution is 7.89. The zero-order valence-corrected chi connectivity index (χ0v) is 14.0. The molecule has 1 aliphatic rings. The van der Waals surface area contributed by atoms with E-state index in [4.69, 9.17) is 5.73 Å². The van der Waals surface area contributed by atoms with Gasteiger partial charge in [-0.15, -0.1) is 0 Å². The van der Waals surface area contributed by atoms with Crippen molar-refractivity contribution in [3.8, 4) is 0 Å². The third-order valence-corrected chi connectivity index (χ3v) is 6.28. The third-order valence-electron chi connectivity index (χ3n) is 4.41. The number of nitrogens with one attached hydrogen (secondary N) is 1. The van der Waals surface area contributed by atoms with Crippen molar-refractivity contribution in [3.05, 3.63) is 18.2 Å². The Morgan fingerprint density at radius 2 is 2.00 bits per heavy atom. The first-order valence-corrected chi connectivity index (χ1v) is 8.68. The van der Waals surface area contributed by atoms with Crippen molar-refractivity contribution in [2.24, 2.45) is 5.41 Å². The quantitative estimate of drug-likeness (QED) is 0.838. The van der Waals surface area contributed by atoms with Crippen molar-refractivity contribution >= 4 is 21.4 Å². The monoisotopic (exact) mass is 311 g/mol. The molecule has 118 valence electrons. The summed E-state index contributed by atoms with van der Waals surface area (Å²) in [4.78, 5) is 0.160. The predicted molar refractivity (Wildman–Crippen MR) is 86.8 cm³/mol. The van der Waals surface area contributed by atoms with Gasteiger partial charge in [0.15, 0.2) is 0 Å². The summed E-state index contributed by atoms with van der Waals surface area (Å²) in [7, 11) is -0.506. The van der Waals surface area contributed by atoms with Crippen LogP contribution in [0, 0.1) is 5.41 Å². The van der Waals surface area contributed by atoms with Gasteiger partial charge in [0.2, 0.25) is 10.0 Å². The molecular weight excluding hydrogens is 286 g/mol. The molecule has 0 aliphatic heterocycles. The molecule has 0 aromatic heterocycles. The molecule has 3 N–H and O–H groups in total. The van der Waals surface area contributed by atoms with Crippen LogP contribution in [0.1, 0.15) is 33.1 Å². The average Bonchev–Trinajstić information content (AvgIpc) is 2.71. The normalized spacial score (nSPS) is 21.7. The van der Waals surface area contributed by atoms with Gasteiger partial charge in [-0.1, -0.05) is 26.3 Å². The number of sulfonamides is 1. The molecule has 0 spiro atoms. The minimum Gasteiger partial charge on any atom is -0.396 e. The lowest BCUT2D eigenvalue weighted by molar-refractivity contribution is 0.350. The van der Waals surface area contributed by atoms with Crippen molar-refractivity contribution < 1.29 is 8.42 Å². The van der Waals surface area contributed by atoms with Crippen LogP contribution < -0.4 is 11.1 Å². The summed E-state index contributed by atoms with van der Waals surface area (Å²) in [6.07, 6.45) is 3.43. The molecule has 1 aromatic carbocycles. The molecule has 0 heterocycles. The minimum atomic E-state index is -3.52. The molecule has 1 aliphatic carbocycles. The van der Waals surface area contributed by atoms with Crippen LogP contribution in [0.25, 0.3) is 0 Å². The van der Waals surface area contributed by atoms with Crippen molar-refractivity contribution in [2.75, 3.05) is 25.1 Å². The second-order valence-electron chi connectivity index (χ2n) is 6.58. The van der Waals surface area contributed by atoms with Crippen molar-refractivity contribution in [3.63, 3.8) is 0 Å². The Bertz CT molecular complexity index is 624. The lowest BCUT2D eigenvalue weighted by Gasteiger charge is -2.29. The number of rotatable bonds is 4. The first-order valence-electron chi connectivity index (χ1n) is 7.24. The van der Waals surface area contributed by atoms with Crippen LogP contribution in [-0.4, -0.2) is 32.9 Å². The largest absolute Gasteiger partial charge is 0.396 e. The maximum absolute atomic E-state index is 12.3. The van der Waals surface area contributed by atoms with E-state index < -0.39 is 10.0 Å². The summed E-state index contributed by atoms with van der Waals surface area (Å²) in [5.41, 5.74) is 7.31. The van der Waals surface area contributed by atoms with E-state index >= 15 is 0 Å². The zero-order chi connectivity index (χ0) is 15.8. The lowest BCUT2D eigenvalue weighted by atomic mass is 9.87. The number of nitrogens with two attached hydrogens (primary N) is 1. The smallest absolute Gasteiger partial charge is 0.244 e. The highest BCUT2D eigenvalue weighted by Gasteiger charge is 2.35. The molecule has 1 atom stereocenters. The van der Waals surface area contributed by atoms with Crippen molar-refractivity contribution in [2.45, 2.75) is 44.0 Å². The molecule has 2 rings (SSSR count). The Balaban J connectivity index is 2.35. The summed E-state index contributed by atoms with van der Waals surface area (Å²) in [5.74, 6) is 0. The van der Waals surface area contributed by atoms with E-state index in [2.05, 4.69) is 19.2 Å². The van der Waals surface area contributed by atoms with Gasteiger partial charge in [-0.3, -0.25) is 0 Å². The highest BCUT2D eigenvalue weighted by atomic mass is 32.2. The fraction of sp³-hybridized carbons (Fsp3) is 0.600. The molecule has 0 radical (unpaired) electrons. The van der Waals surface area contributed by atoms with Crippen LogP contribution in [0.5, 0.6) is 0 Å². The van der Waals surface area contributed by atoms with Crippen LogP contribution >= 0.6 is 0 Å². The number of hydrogen-bond acceptors (Lipinski definition) is 4. The van der Waals surface area contributed by atoms with Gasteiger partial charge in [0.05, 0.1) is 11.4 Å². The van der Waals surface area contributed by atoms with Crippen molar-refractivity contribution in [1.82, 2.24) is 4.31 Å². The molecule has 0 bridgehead atoms. The Morgan fingerprint density at radius 1 is 1.33 bits per heavy atom. The number of hydrogen-bond donors (Lipinski definition) is 2. The van der Waals surface area contributed by atoms with E-state index in [0.717, 1.165) is 6.42 Å². The summed E-state index contributed by atoms with van der Waals surface area (Å²) in [5, 5.41) is 3.44. The average molecular weight is 311 g/mol. The van der Waals surface area contributed by atoms with Crippen LogP contribution in [-0.2, 0) is 10.0 Å². The summed E-state index contributed by atoms with van der Waals surface area (Å²) >= 11 is 0. The highest BCUT2D eigenvalue weighted by Crippen LogP contribution is 2.40. The Hall–Kier alpha value is -1.27. The summed E-state index contributed by atoms with van der Waals surface area (Å²) in [6.45, 7) is 4.46. The Labute approximate surface area is 127 Å². The second kappa shape index (κ2) is 5.50. The molecule has 1 saturated carbocycles. The molecule has 1 fully saturated rings. The van der Waals surface area contributed by atoms with E-state index in [-0.39, 0.29) is 10.3 Å². The molecule has 0 saturated heterocycles. The number of nitrogens with zero attached hydrogens (tertiary/aromatic N) is 1. The third kappa shape index (κ3) is 3.01. The van der Waals surface area contributed by atoms with Crippen molar-refractivity contribution in [1.29, 1.82) is 0 Å². The second-order valence-corrected chi connectivity index (χ2v) is 8.70. The topological polar surface area (TPSA) is 75.4 Å². The van der Waals surface area contributed by atoms with E-state index in [1.807, 2.05) is 6.07 Å². The van der Waals surface area contributed by atoms with E-state index in [1.54, 1.807) is 12.1 Å². The van der Waals surface area contributed by atoms with Gasteiger partial charge >= 0.3 is 0 Å². The zero-order valence-electron chi connectivity index (χ0n) is 13.2. The van der Waals surface area contributed by atoms with Crippen LogP contribution in [0.2, 0.25) is 0 Å². The first-order chi connectivity index (χ1) is 9.66. The molecule has 21 heavy (non-hydrogen) atoms. The van der Waals surface area contributed by atoms with Gasteiger partial charge in [0.1, 0.15) is 4.90 Å². The number of anilines is 2. The van der Waals surface area contributed by atoms with Gasteiger partial charge in [-0.25, -0.2) is 12.7 Å². The Kier molecular flexibility index (Phi) is 4.22. The summed E-state index contributed by atoms with van der Waals surface area (Å²) in [6, 6.07) is 5.45. The molecule has 1 unspecified atom stereocenters. The molecule has 0 amide bonds. The Morgan fingerprint density at radius 3 is 2.52 bits per heavy atom. The van der Waals surface area contributed by atoms with Gasteiger partial charge in [0, 0.05) is 20.1 Å². The molecule has 6 heteroatoms. The van der Waals surface area contributed by atoms with Crippen LogP contribution in [0.3, 0.4) is 0 Å². The van der Waals surface area contributed by atoms with Gasteiger partial charge in [-0.05, 0) is 30.4 Å². The first kappa shape index (κ1) is 16.1. The fourth-order valence-electron chi connectivity index (χ4n) is 2.87. The number of benzene rings is 1. The lowest BCUT2D eigenvalue weighted by Crippen LogP contribution is -2.31. The molecule has 5 nitrogen and oxygen atoms in total. The maximum atomic E-state index is 12.3. The van der Waals surface area contributed by atoms with E-state index in [1.165, 1.54) is 31.2 Å². The fourth-order valence-corrected chi connectivity index (χ4v) is 3.91. The van der Waals surface area contributed by atoms with Crippen LogP contribution in [0.4, 0.5) is 11.4 Å². The van der Waals surface area contributed by atoms with E-state index in [0.29, 0.717) is 17.4 Å². The number of nitrogen functional groups attached to an aromatic ring is 1. The maximum Gasteiger partial charge on any atom is 0.244 e. The van der Waals surface area contributed by atoms with E-state index in [9.17, 15) is 8.42 Å². The predicted octanol–water partition coefficient (Wildman–Crippen LogP) is 2.51.